The average Bonchev–Trinajstić information content (AvgIpc) is 2.89. The Labute approximate surface area is 100 Å². The van der Waals surface area contributed by atoms with Crippen LogP contribution in [0.5, 0.6) is 0 Å². The molecule has 0 radical (unpaired) electrons. The third-order valence-electron chi connectivity index (χ3n) is 3.46. The molecule has 0 bridgehead atoms. The second-order valence-corrected chi connectivity index (χ2v) is 4.69. The van der Waals surface area contributed by atoms with E-state index in [1.54, 1.807) is 6.20 Å². The van der Waals surface area contributed by atoms with Crippen molar-refractivity contribution in [3.8, 4) is 0 Å². The van der Waals surface area contributed by atoms with E-state index >= 15 is 0 Å². The van der Waals surface area contributed by atoms with Crippen molar-refractivity contribution in [1.82, 2.24) is 19.3 Å². The Morgan fingerprint density at radius 3 is 3.18 bits per heavy atom. The van der Waals surface area contributed by atoms with Crippen LogP contribution in [0.25, 0.3) is 0 Å². The highest BCUT2D eigenvalue weighted by Gasteiger charge is 2.21. The van der Waals surface area contributed by atoms with Crippen molar-refractivity contribution in [2.45, 2.75) is 31.8 Å². The third-order valence-corrected chi connectivity index (χ3v) is 3.46. The predicted octanol–water partition coefficient (Wildman–Crippen LogP) is 0.481. The molecule has 2 N–H and O–H groups in total. The first-order valence-corrected chi connectivity index (χ1v) is 6.00. The van der Waals surface area contributed by atoms with E-state index in [2.05, 4.69) is 16.7 Å². The van der Waals surface area contributed by atoms with Gasteiger partial charge in [0.1, 0.15) is 5.82 Å². The molecule has 1 aliphatic rings. The van der Waals surface area contributed by atoms with Crippen molar-refractivity contribution < 1.29 is 0 Å². The Hall–Kier alpha value is -1.62. The molecular formula is C12H17N5. The normalized spacial score (nSPS) is 19.3. The van der Waals surface area contributed by atoms with Crippen LogP contribution in [-0.4, -0.2) is 25.4 Å². The Morgan fingerprint density at radius 2 is 2.41 bits per heavy atom. The van der Waals surface area contributed by atoms with E-state index in [0.29, 0.717) is 0 Å². The summed E-state index contributed by atoms with van der Waals surface area (Å²) in [7, 11) is 2.08. The van der Waals surface area contributed by atoms with Gasteiger partial charge in [-0.1, -0.05) is 0 Å². The monoisotopic (exact) mass is 231 g/mol. The van der Waals surface area contributed by atoms with E-state index in [9.17, 15) is 0 Å². The van der Waals surface area contributed by atoms with Gasteiger partial charge in [0.25, 0.3) is 0 Å². The number of nitrogens with zero attached hydrogens (tertiary/aromatic N) is 4. The predicted molar refractivity (Wildman–Crippen MR) is 64.5 cm³/mol. The number of aromatic nitrogens is 4. The molecule has 1 unspecified atom stereocenters. The topological polar surface area (TPSA) is 61.7 Å². The fraction of sp³-hybridized carbons (Fsp3) is 0.500. The average molecular weight is 231 g/mol. The van der Waals surface area contributed by atoms with Crippen molar-refractivity contribution in [1.29, 1.82) is 0 Å². The van der Waals surface area contributed by atoms with E-state index in [1.807, 2.05) is 16.9 Å². The van der Waals surface area contributed by atoms with Crippen LogP contribution >= 0.6 is 0 Å². The summed E-state index contributed by atoms with van der Waals surface area (Å²) in [6.07, 6.45) is 6.76. The SMILES string of the molecule is Cn1c(Cn2cccn2)nc2c1CCC(N)C2. The van der Waals surface area contributed by atoms with Gasteiger partial charge in [0.15, 0.2) is 0 Å². The van der Waals surface area contributed by atoms with Gasteiger partial charge in [0.2, 0.25) is 0 Å². The number of fused-ring (bicyclic) bond motifs is 1. The molecular weight excluding hydrogens is 214 g/mol. The lowest BCUT2D eigenvalue weighted by Gasteiger charge is -2.17. The van der Waals surface area contributed by atoms with Gasteiger partial charge in [0.05, 0.1) is 12.2 Å². The zero-order valence-corrected chi connectivity index (χ0v) is 10.0. The summed E-state index contributed by atoms with van der Waals surface area (Å²) in [6, 6.07) is 2.20. The van der Waals surface area contributed by atoms with Gasteiger partial charge >= 0.3 is 0 Å². The molecule has 5 nitrogen and oxygen atoms in total. The molecule has 0 saturated carbocycles. The van der Waals surface area contributed by atoms with E-state index in [1.165, 1.54) is 11.4 Å². The number of nitrogens with two attached hydrogens (primary N) is 1. The van der Waals surface area contributed by atoms with Crippen LogP contribution in [0.3, 0.4) is 0 Å². The van der Waals surface area contributed by atoms with Crippen LogP contribution < -0.4 is 5.73 Å². The zero-order valence-electron chi connectivity index (χ0n) is 10.0. The molecule has 17 heavy (non-hydrogen) atoms. The zero-order chi connectivity index (χ0) is 11.8. The van der Waals surface area contributed by atoms with Gasteiger partial charge in [-0.05, 0) is 18.9 Å². The van der Waals surface area contributed by atoms with Gasteiger partial charge in [-0.3, -0.25) is 4.68 Å². The summed E-state index contributed by atoms with van der Waals surface area (Å²) in [4.78, 5) is 4.70. The first-order valence-electron chi connectivity index (χ1n) is 6.00. The Balaban J connectivity index is 1.91. The molecule has 0 saturated heterocycles. The lowest BCUT2D eigenvalue weighted by atomic mass is 9.97. The molecule has 0 aliphatic heterocycles. The number of rotatable bonds is 2. The second-order valence-electron chi connectivity index (χ2n) is 4.69. The molecule has 0 aromatic carbocycles. The summed E-state index contributed by atoms with van der Waals surface area (Å²) in [6.45, 7) is 0.728. The smallest absolute Gasteiger partial charge is 0.130 e. The number of hydrogen-bond donors (Lipinski definition) is 1. The highest BCUT2D eigenvalue weighted by molar-refractivity contribution is 5.21. The van der Waals surface area contributed by atoms with E-state index < -0.39 is 0 Å². The minimum Gasteiger partial charge on any atom is -0.333 e. The fourth-order valence-corrected chi connectivity index (χ4v) is 2.47. The maximum absolute atomic E-state index is 5.98. The number of hydrogen-bond acceptors (Lipinski definition) is 3. The largest absolute Gasteiger partial charge is 0.333 e. The van der Waals surface area contributed by atoms with Gasteiger partial charge in [-0.25, -0.2) is 4.98 Å². The molecule has 3 rings (SSSR count). The molecule has 2 heterocycles. The summed E-state index contributed by atoms with van der Waals surface area (Å²) >= 11 is 0. The molecule has 0 amide bonds. The van der Waals surface area contributed by atoms with Crippen LogP contribution in [-0.2, 0) is 26.4 Å². The van der Waals surface area contributed by atoms with Crippen LogP contribution in [0, 0.1) is 0 Å². The summed E-state index contributed by atoms with van der Waals surface area (Å²) in [5, 5.41) is 4.21. The summed E-state index contributed by atoms with van der Waals surface area (Å²) in [5.41, 5.74) is 8.49. The van der Waals surface area contributed by atoms with Gasteiger partial charge < -0.3 is 10.3 Å². The van der Waals surface area contributed by atoms with E-state index in [0.717, 1.165) is 31.6 Å². The molecule has 5 heteroatoms. The van der Waals surface area contributed by atoms with Crippen molar-refractivity contribution in [2.75, 3.05) is 0 Å². The molecule has 0 fully saturated rings. The Morgan fingerprint density at radius 1 is 1.53 bits per heavy atom. The maximum atomic E-state index is 5.98. The minimum absolute atomic E-state index is 0.273. The van der Waals surface area contributed by atoms with E-state index in [4.69, 9.17) is 10.7 Å². The minimum atomic E-state index is 0.273. The molecule has 0 spiro atoms. The van der Waals surface area contributed by atoms with Crippen molar-refractivity contribution >= 4 is 0 Å². The Bertz CT molecular complexity index is 511. The third kappa shape index (κ3) is 1.86. The highest BCUT2D eigenvalue weighted by Crippen LogP contribution is 2.21. The van der Waals surface area contributed by atoms with Gasteiger partial charge in [0, 0.05) is 37.6 Å². The lowest BCUT2D eigenvalue weighted by molar-refractivity contribution is 0.552. The van der Waals surface area contributed by atoms with Crippen molar-refractivity contribution in [2.24, 2.45) is 12.8 Å². The standard InChI is InChI=1S/C12H17N5/c1-16-11-4-3-9(13)7-10(11)15-12(16)8-17-6-2-5-14-17/h2,5-6,9H,3-4,7-8,13H2,1H3. The van der Waals surface area contributed by atoms with Crippen LogP contribution in [0.15, 0.2) is 18.5 Å². The lowest BCUT2D eigenvalue weighted by Crippen LogP contribution is -2.28. The fourth-order valence-electron chi connectivity index (χ4n) is 2.47. The first-order chi connectivity index (χ1) is 8.24. The quantitative estimate of drug-likeness (QED) is 0.817. The van der Waals surface area contributed by atoms with Gasteiger partial charge in [-0.2, -0.15) is 5.10 Å². The number of imidazole rings is 1. The molecule has 2 aromatic heterocycles. The highest BCUT2D eigenvalue weighted by atomic mass is 15.3. The summed E-state index contributed by atoms with van der Waals surface area (Å²) < 4.78 is 4.09. The van der Waals surface area contributed by atoms with Crippen LogP contribution in [0.1, 0.15) is 23.6 Å². The Kier molecular flexibility index (Phi) is 2.48. The molecule has 1 atom stereocenters. The van der Waals surface area contributed by atoms with Crippen molar-refractivity contribution in [3.63, 3.8) is 0 Å². The first kappa shape index (κ1) is 10.5. The van der Waals surface area contributed by atoms with E-state index in [-0.39, 0.29) is 6.04 Å². The van der Waals surface area contributed by atoms with Crippen LogP contribution in [0.4, 0.5) is 0 Å². The maximum Gasteiger partial charge on any atom is 0.130 e. The van der Waals surface area contributed by atoms with Gasteiger partial charge in [-0.15, -0.1) is 0 Å². The summed E-state index contributed by atoms with van der Waals surface area (Å²) in [5.74, 6) is 1.06. The molecule has 90 valence electrons. The molecule has 2 aromatic rings. The van der Waals surface area contributed by atoms with Crippen molar-refractivity contribution in [3.05, 3.63) is 35.7 Å². The van der Waals surface area contributed by atoms with Crippen LogP contribution in [0.2, 0.25) is 0 Å². The molecule has 1 aliphatic carbocycles. The second kappa shape index (κ2) is 4.00.